The van der Waals surface area contributed by atoms with Gasteiger partial charge >= 0.3 is 0 Å². The number of hydrogen-bond donors (Lipinski definition) is 1. The molecule has 1 aromatic rings. The second-order valence-electron chi connectivity index (χ2n) is 4.15. The van der Waals surface area contributed by atoms with E-state index in [4.69, 9.17) is 5.73 Å². The molecule has 0 bridgehead atoms. The minimum atomic E-state index is 0.617. The Kier molecular flexibility index (Phi) is 3.49. The van der Waals surface area contributed by atoms with Gasteiger partial charge in [0.05, 0.1) is 6.54 Å². The van der Waals surface area contributed by atoms with Gasteiger partial charge in [0, 0.05) is 17.6 Å². The highest BCUT2D eigenvalue weighted by atomic mass is 79.9. The zero-order valence-corrected chi connectivity index (χ0v) is 10.9. The number of guanidine groups is 1. The third-order valence-electron chi connectivity index (χ3n) is 2.77. The van der Waals surface area contributed by atoms with E-state index in [0.717, 1.165) is 4.47 Å². The van der Waals surface area contributed by atoms with E-state index in [-0.39, 0.29) is 0 Å². The average molecular weight is 282 g/mol. The first-order chi connectivity index (χ1) is 7.66. The van der Waals surface area contributed by atoms with Crippen LogP contribution in [0.4, 0.5) is 0 Å². The Morgan fingerprint density at radius 3 is 2.94 bits per heavy atom. The Hall–Kier alpha value is -1.03. The second kappa shape index (κ2) is 4.87. The molecule has 0 saturated heterocycles. The number of aliphatic imine (C=N–C) groups is 1. The van der Waals surface area contributed by atoms with E-state index in [2.05, 4.69) is 38.0 Å². The Morgan fingerprint density at radius 2 is 2.31 bits per heavy atom. The molecule has 0 spiro atoms. The third kappa shape index (κ3) is 2.98. The molecular formula is C12H16BrN3. The molecule has 1 aliphatic carbocycles. The topological polar surface area (TPSA) is 41.6 Å². The van der Waals surface area contributed by atoms with Gasteiger partial charge in [-0.25, -0.2) is 4.99 Å². The largest absolute Gasteiger partial charge is 0.370 e. The van der Waals surface area contributed by atoms with E-state index in [9.17, 15) is 0 Å². The molecule has 16 heavy (non-hydrogen) atoms. The fourth-order valence-electron chi connectivity index (χ4n) is 1.57. The standard InChI is InChI=1S/C12H16BrN3/c1-16(11-5-6-11)12(14)15-8-9-3-2-4-10(13)7-9/h2-4,7,11H,5-6,8H2,1H3,(H2,14,15). The van der Waals surface area contributed by atoms with E-state index >= 15 is 0 Å². The molecule has 3 nitrogen and oxygen atoms in total. The van der Waals surface area contributed by atoms with E-state index in [1.165, 1.54) is 18.4 Å². The van der Waals surface area contributed by atoms with Crippen molar-refractivity contribution >= 4 is 21.9 Å². The maximum Gasteiger partial charge on any atom is 0.191 e. The van der Waals surface area contributed by atoms with Crippen molar-refractivity contribution in [2.45, 2.75) is 25.4 Å². The SMILES string of the molecule is CN(C(N)=NCc1cccc(Br)c1)C1CC1. The first-order valence-electron chi connectivity index (χ1n) is 5.44. The molecule has 0 heterocycles. The molecule has 1 aromatic carbocycles. The van der Waals surface area contributed by atoms with Crippen LogP contribution in [0.25, 0.3) is 0 Å². The highest BCUT2D eigenvalue weighted by Gasteiger charge is 2.27. The predicted molar refractivity (Wildman–Crippen MR) is 70.3 cm³/mol. The number of benzene rings is 1. The zero-order chi connectivity index (χ0) is 11.5. The van der Waals surface area contributed by atoms with Crippen molar-refractivity contribution in [3.8, 4) is 0 Å². The lowest BCUT2D eigenvalue weighted by molar-refractivity contribution is 0.487. The maximum atomic E-state index is 5.91. The highest BCUT2D eigenvalue weighted by Crippen LogP contribution is 2.24. The summed E-state index contributed by atoms with van der Waals surface area (Å²) in [5.74, 6) is 0.641. The minimum absolute atomic E-state index is 0.617. The molecule has 0 aliphatic heterocycles. The minimum Gasteiger partial charge on any atom is -0.370 e. The summed E-state index contributed by atoms with van der Waals surface area (Å²) in [5, 5.41) is 0. The Morgan fingerprint density at radius 1 is 1.56 bits per heavy atom. The van der Waals surface area contributed by atoms with Gasteiger partial charge in [-0.2, -0.15) is 0 Å². The van der Waals surface area contributed by atoms with Crippen LogP contribution < -0.4 is 5.73 Å². The fraction of sp³-hybridized carbons (Fsp3) is 0.417. The third-order valence-corrected chi connectivity index (χ3v) is 3.26. The van der Waals surface area contributed by atoms with Gasteiger partial charge in [-0.05, 0) is 30.5 Å². The van der Waals surface area contributed by atoms with Gasteiger partial charge in [-0.3, -0.25) is 0 Å². The molecular weight excluding hydrogens is 266 g/mol. The number of hydrogen-bond acceptors (Lipinski definition) is 1. The lowest BCUT2D eigenvalue weighted by Crippen LogP contribution is -2.35. The molecule has 2 rings (SSSR count). The first-order valence-corrected chi connectivity index (χ1v) is 6.23. The van der Waals surface area contributed by atoms with Crippen molar-refractivity contribution in [2.75, 3.05) is 7.05 Å². The lowest BCUT2D eigenvalue weighted by atomic mass is 10.2. The summed E-state index contributed by atoms with van der Waals surface area (Å²) < 4.78 is 1.08. The van der Waals surface area contributed by atoms with Crippen molar-refractivity contribution < 1.29 is 0 Å². The van der Waals surface area contributed by atoms with Crippen LogP contribution in [0, 0.1) is 0 Å². The first kappa shape index (κ1) is 11.5. The van der Waals surface area contributed by atoms with Crippen LogP contribution >= 0.6 is 15.9 Å². The maximum absolute atomic E-state index is 5.91. The molecule has 2 N–H and O–H groups in total. The predicted octanol–water partition coefficient (Wildman–Crippen LogP) is 2.36. The molecule has 1 fully saturated rings. The Bertz CT molecular complexity index is 399. The van der Waals surface area contributed by atoms with Gasteiger partial charge in [-0.1, -0.05) is 28.1 Å². The molecule has 86 valence electrons. The molecule has 0 amide bonds. The van der Waals surface area contributed by atoms with Crippen LogP contribution in [-0.2, 0) is 6.54 Å². The summed E-state index contributed by atoms with van der Waals surface area (Å²) in [4.78, 5) is 6.46. The van der Waals surface area contributed by atoms with Crippen molar-refractivity contribution in [3.63, 3.8) is 0 Å². The van der Waals surface area contributed by atoms with E-state index in [1.54, 1.807) is 0 Å². The fourth-order valence-corrected chi connectivity index (χ4v) is 2.01. The Balaban J connectivity index is 1.96. The molecule has 0 unspecified atom stereocenters. The smallest absolute Gasteiger partial charge is 0.191 e. The van der Waals surface area contributed by atoms with Gasteiger partial charge in [0.15, 0.2) is 5.96 Å². The van der Waals surface area contributed by atoms with Gasteiger partial charge < -0.3 is 10.6 Å². The summed E-state index contributed by atoms with van der Waals surface area (Å²) >= 11 is 3.44. The number of nitrogens with zero attached hydrogens (tertiary/aromatic N) is 2. The summed E-state index contributed by atoms with van der Waals surface area (Å²) in [6.07, 6.45) is 2.48. The van der Waals surface area contributed by atoms with Crippen molar-refractivity contribution in [3.05, 3.63) is 34.3 Å². The van der Waals surface area contributed by atoms with Gasteiger partial charge in [0.25, 0.3) is 0 Å². The van der Waals surface area contributed by atoms with Crippen molar-refractivity contribution in [2.24, 2.45) is 10.7 Å². The molecule has 0 aromatic heterocycles. The van der Waals surface area contributed by atoms with Crippen LogP contribution in [0.2, 0.25) is 0 Å². The average Bonchev–Trinajstić information content (AvgIpc) is 3.09. The van der Waals surface area contributed by atoms with Crippen LogP contribution in [0.3, 0.4) is 0 Å². The van der Waals surface area contributed by atoms with Crippen LogP contribution in [0.15, 0.2) is 33.7 Å². The van der Waals surface area contributed by atoms with Crippen molar-refractivity contribution in [1.82, 2.24) is 4.90 Å². The summed E-state index contributed by atoms with van der Waals surface area (Å²) in [5.41, 5.74) is 7.08. The highest BCUT2D eigenvalue weighted by molar-refractivity contribution is 9.10. The van der Waals surface area contributed by atoms with E-state index < -0.39 is 0 Å². The Labute approximate surface area is 104 Å². The van der Waals surface area contributed by atoms with E-state index in [0.29, 0.717) is 18.5 Å². The lowest BCUT2D eigenvalue weighted by Gasteiger charge is -2.16. The monoisotopic (exact) mass is 281 g/mol. The summed E-state index contributed by atoms with van der Waals surface area (Å²) in [6.45, 7) is 0.641. The quantitative estimate of drug-likeness (QED) is 0.683. The van der Waals surface area contributed by atoms with Gasteiger partial charge in [0.1, 0.15) is 0 Å². The molecule has 0 radical (unpaired) electrons. The molecule has 1 aliphatic rings. The number of halogens is 1. The molecule has 1 saturated carbocycles. The normalized spacial score (nSPS) is 16.2. The van der Waals surface area contributed by atoms with Gasteiger partial charge in [0.2, 0.25) is 0 Å². The van der Waals surface area contributed by atoms with Crippen molar-refractivity contribution in [1.29, 1.82) is 0 Å². The zero-order valence-electron chi connectivity index (χ0n) is 9.36. The van der Waals surface area contributed by atoms with Crippen LogP contribution in [-0.4, -0.2) is 23.9 Å². The molecule has 0 atom stereocenters. The van der Waals surface area contributed by atoms with E-state index in [1.807, 2.05) is 19.2 Å². The van der Waals surface area contributed by atoms with Gasteiger partial charge in [-0.15, -0.1) is 0 Å². The number of nitrogens with two attached hydrogens (primary N) is 1. The van der Waals surface area contributed by atoms with Crippen LogP contribution in [0.5, 0.6) is 0 Å². The second-order valence-corrected chi connectivity index (χ2v) is 5.06. The number of rotatable bonds is 3. The molecule has 4 heteroatoms. The summed E-state index contributed by atoms with van der Waals surface area (Å²) in [7, 11) is 2.01. The summed E-state index contributed by atoms with van der Waals surface area (Å²) in [6, 6.07) is 8.75. The van der Waals surface area contributed by atoms with Crippen LogP contribution in [0.1, 0.15) is 18.4 Å².